The second kappa shape index (κ2) is 5.52. The maximum absolute atomic E-state index is 12.1. The fourth-order valence-electron chi connectivity index (χ4n) is 1.61. The molecule has 6 nitrogen and oxygen atoms in total. The highest BCUT2D eigenvalue weighted by Gasteiger charge is 2.18. The minimum Gasteiger partial charge on any atom is -0.478 e. The summed E-state index contributed by atoms with van der Waals surface area (Å²) in [5.74, 6) is -1.78. The third-order valence-corrected chi connectivity index (χ3v) is 3.46. The van der Waals surface area contributed by atoms with Crippen LogP contribution in [0.2, 0.25) is 10.2 Å². The molecule has 2 rings (SSSR count). The van der Waals surface area contributed by atoms with Crippen LogP contribution in [-0.4, -0.2) is 26.5 Å². The minimum atomic E-state index is -1.18. The van der Waals surface area contributed by atoms with Gasteiger partial charge in [-0.1, -0.05) is 23.2 Å². The summed E-state index contributed by atoms with van der Waals surface area (Å²) in [7, 11) is 1.57. The number of rotatable bonds is 3. The molecule has 2 N–H and O–H groups in total. The van der Waals surface area contributed by atoms with Crippen LogP contribution in [0.3, 0.4) is 0 Å². The first-order valence-corrected chi connectivity index (χ1v) is 6.17. The Morgan fingerprint density at radius 1 is 1.40 bits per heavy atom. The molecule has 1 amide bonds. The quantitative estimate of drug-likeness (QED) is 0.912. The molecule has 0 bridgehead atoms. The van der Waals surface area contributed by atoms with Gasteiger partial charge in [0.25, 0.3) is 5.91 Å². The Morgan fingerprint density at radius 2 is 2.10 bits per heavy atom. The van der Waals surface area contributed by atoms with Gasteiger partial charge in [0.1, 0.15) is 22.2 Å². The molecule has 0 aromatic carbocycles. The van der Waals surface area contributed by atoms with Gasteiger partial charge in [-0.25, -0.2) is 9.78 Å². The Hall–Kier alpha value is -2.05. The number of nitrogens with one attached hydrogen (secondary N) is 1. The van der Waals surface area contributed by atoms with Crippen LogP contribution in [0, 0.1) is 0 Å². The largest absolute Gasteiger partial charge is 0.478 e. The summed E-state index contributed by atoms with van der Waals surface area (Å²) in [5, 5.41) is 11.9. The van der Waals surface area contributed by atoms with E-state index in [9.17, 15) is 9.59 Å². The first kappa shape index (κ1) is 14.4. The summed E-state index contributed by atoms with van der Waals surface area (Å²) in [5.41, 5.74) is 0.0919. The number of halogens is 2. The molecular weight excluding hydrogens is 305 g/mol. The Morgan fingerprint density at radius 3 is 2.65 bits per heavy atom. The second-order valence-electron chi connectivity index (χ2n) is 3.89. The number of aromatic nitrogens is 2. The van der Waals surface area contributed by atoms with E-state index in [1.807, 2.05) is 0 Å². The van der Waals surface area contributed by atoms with Gasteiger partial charge in [-0.2, -0.15) is 0 Å². The number of amides is 1. The van der Waals surface area contributed by atoms with Gasteiger partial charge in [-0.15, -0.1) is 0 Å². The number of anilines is 1. The third-order valence-electron chi connectivity index (χ3n) is 2.62. The summed E-state index contributed by atoms with van der Waals surface area (Å²) >= 11 is 11.7. The summed E-state index contributed by atoms with van der Waals surface area (Å²) in [6.07, 6.45) is 1.38. The topological polar surface area (TPSA) is 84.2 Å². The van der Waals surface area contributed by atoms with Gasteiger partial charge < -0.3 is 15.0 Å². The molecule has 0 saturated carbocycles. The van der Waals surface area contributed by atoms with Crippen molar-refractivity contribution in [2.24, 2.45) is 7.05 Å². The molecular formula is C12H9Cl2N3O3. The number of carboxylic acid groups (broad SMARTS) is 1. The van der Waals surface area contributed by atoms with Crippen molar-refractivity contribution < 1.29 is 14.7 Å². The molecule has 2 heterocycles. The van der Waals surface area contributed by atoms with Crippen LogP contribution in [-0.2, 0) is 7.05 Å². The van der Waals surface area contributed by atoms with E-state index in [2.05, 4.69) is 10.3 Å². The van der Waals surface area contributed by atoms with Crippen molar-refractivity contribution in [3.8, 4) is 0 Å². The Balaban J connectivity index is 2.33. The molecule has 8 heteroatoms. The zero-order valence-electron chi connectivity index (χ0n) is 10.2. The minimum absolute atomic E-state index is 0.0431. The SMILES string of the molecule is Cn1c(C(=O)Nc2ncccc2C(=O)O)cc(Cl)c1Cl. The van der Waals surface area contributed by atoms with E-state index in [4.69, 9.17) is 28.3 Å². The molecule has 0 aliphatic carbocycles. The second-order valence-corrected chi connectivity index (χ2v) is 4.65. The van der Waals surface area contributed by atoms with Crippen molar-refractivity contribution in [1.29, 1.82) is 0 Å². The number of nitrogens with zero attached hydrogens (tertiary/aromatic N) is 2. The normalized spacial score (nSPS) is 10.3. The highest BCUT2D eigenvalue weighted by molar-refractivity contribution is 6.42. The van der Waals surface area contributed by atoms with Crippen molar-refractivity contribution in [3.63, 3.8) is 0 Å². The fraction of sp³-hybridized carbons (Fsp3) is 0.0833. The van der Waals surface area contributed by atoms with E-state index >= 15 is 0 Å². The van der Waals surface area contributed by atoms with Crippen molar-refractivity contribution in [1.82, 2.24) is 9.55 Å². The lowest BCUT2D eigenvalue weighted by molar-refractivity contribution is 0.0697. The van der Waals surface area contributed by atoms with Gasteiger partial charge in [-0.05, 0) is 18.2 Å². The number of pyridine rings is 1. The van der Waals surface area contributed by atoms with Crippen LogP contribution in [0.1, 0.15) is 20.8 Å². The summed E-state index contributed by atoms with van der Waals surface area (Å²) in [4.78, 5) is 27.0. The summed E-state index contributed by atoms with van der Waals surface area (Å²) < 4.78 is 1.39. The average Bonchev–Trinajstić information content (AvgIpc) is 2.67. The molecule has 0 unspecified atom stereocenters. The molecule has 104 valence electrons. The van der Waals surface area contributed by atoms with Gasteiger partial charge in [-0.3, -0.25) is 4.79 Å². The maximum atomic E-state index is 12.1. The van der Waals surface area contributed by atoms with Gasteiger partial charge in [0.2, 0.25) is 0 Å². The Kier molecular flexibility index (Phi) is 3.96. The van der Waals surface area contributed by atoms with Crippen LogP contribution in [0.25, 0.3) is 0 Å². The van der Waals surface area contributed by atoms with Crippen molar-refractivity contribution >= 4 is 40.9 Å². The molecule has 2 aromatic rings. The van der Waals surface area contributed by atoms with E-state index in [0.29, 0.717) is 0 Å². The lowest BCUT2D eigenvalue weighted by Gasteiger charge is -2.07. The molecule has 20 heavy (non-hydrogen) atoms. The van der Waals surface area contributed by atoms with E-state index in [0.717, 1.165) is 0 Å². The number of carbonyl (C=O) groups excluding carboxylic acids is 1. The summed E-state index contributed by atoms with van der Waals surface area (Å²) in [6, 6.07) is 4.20. The number of carboxylic acids is 1. The number of aromatic carboxylic acids is 1. The van der Waals surface area contributed by atoms with Crippen molar-refractivity contribution in [2.75, 3.05) is 5.32 Å². The maximum Gasteiger partial charge on any atom is 0.339 e. The monoisotopic (exact) mass is 313 g/mol. The zero-order chi connectivity index (χ0) is 14.9. The predicted octanol–water partition coefficient (Wildman–Crippen LogP) is 2.68. The van der Waals surface area contributed by atoms with E-state index < -0.39 is 11.9 Å². The Labute approximate surface area is 123 Å². The van der Waals surface area contributed by atoms with Crippen LogP contribution < -0.4 is 5.32 Å². The molecule has 0 fully saturated rings. The predicted molar refractivity (Wildman–Crippen MR) is 74.6 cm³/mol. The first-order valence-electron chi connectivity index (χ1n) is 5.42. The molecule has 0 radical (unpaired) electrons. The molecule has 0 aliphatic heterocycles. The van der Waals surface area contributed by atoms with Gasteiger partial charge in [0, 0.05) is 13.2 Å². The third kappa shape index (κ3) is 2.61. The molecule has 0 saturated heterocycles. The van der Waals surface area contributed by atoms with Crippen LogP contribution in [0.4, 0.5) is 5.82 Å². The highest BCUT2D eigenvalue weighted by atomic mass is 35.5. The fourth-order valence-corrected chi connectivity index (χ4v) is 1.99. The molecule has 0 aliphatic rings. The van der Waals surface area contributed by atoms with Gasteiger partial charge in [0.15, 0.2) is 0 Å². The van der Waals surface area contributed by atoms with E-state index in [1.54, 1.807) is 7.05 Å². The average molecular weight is 314 g/mol. The molecule has 0 spiro atoms. The van der Waals surface area contributed by atoms with Crippen LogP contribution in [0.15, 0.2) is 24.4 Å². The number of carbonyl (C=O) groups is 2. The van der Waals surface area contributed by atoms with Crippen LogP contribution >= 0.6 is 23.2 Å². The van der Waals surface area contributed by atoms with Crippen molar-refractivity contribution in [3.05, 3.63) is 45.8 Å². The smallest absolute Gasteiger partial charge is 0.339 e. The zero-order valence-corrected chi connectivity index (χ0v) is 11.7. The summed E-state index contributed by atoms with van der Waals surface area (Å²) in [6.45, 7) is 0. The standard InChI is InChI=1S/C12H9Cl2N3O3/c1-17-8(5-7(13)9(17)14)11(18)16-10-6(12(19)20)3-2-4-15-10/h2-5H,1H3,(H,19,20)(H,15,16,18). The lowest BCUT2D eigenvalue weighted by Crippen LogP contribution is -2.18. The van der Waals surface area contributed by atoms with Gasteiger partial charge >= 0.3 is 5.97 Å². The van der Waals surface area contributed by atoms with Crippen LogP contribution in [0.5, 0.6) is 0 Å². The number of hydrogen-bond acceptors (Lipinski definition) is 3. The lowest BCUT2D eigenvalue weighted by atomic mass is 10.2. The van der Waals surface area contributed by atoms with E-state index in [1.165, 1.54) is 29.0 Å². The highest BCUT2D eigenvalue weighted by Crippen LogP contribution is 2.25. The molecule has 2 aromatic heterocycles. The molecule has 0 atom stereocenters. The first-order chi connectivity index (χ1) is 9.41. The van der Waals surface area contributed by atoms with Crippen molar-refractivity contribution in [2.45, 2.75) is 0 Å². The number of hydrogen-bond donors (Lipinski definition) is 2. The van der Waals surface area contributed by atoms with Gasteiger partial charge in [0.05, 0.1) is 5.02 Å². The van der Waals surface area contributed by atoms with E-state index in [-0.39, 0.29) is 27.3 Å². The Bertz CT molecular complexity index is 697.